The molecule has 2 aromatic heterocycles. The molecule has 1 atom stereocenters. The van der Waals surface area contributed by atoms with Crippen molar-refractivity contribution in [1.29, 1.82) is 0 Å². The van der Waals surface area contributed by atoms with Gasteiger partial charge in [0.2, 0.25) is 0 Å². The van der Waals surface area contributed by atoms with Crippen LogP contribution in [0.25, 0.3) is 10.9 Å². The molecule has 0 saturated carbocycles. The van der Waals surface area contributed by atoms with Crippen molar-refractivity contribution < 1.29 is 9.53 Å². The van der Waals surface area contributed by atoms with E-state index >= 15 is 0 Å². The Bertz CT molecular complexity index is 1640. The Balaban J connectivity index is 1.72. The molecular formula is C26H27N5O5S. The van der Waals surface area contributed by atoms with Crippen LogP contribution in [0.1, 0.15) is 28.9 Å². The van der Waals surface area contributed by atoms with Gasteiger partial charge in [-0.1, -0.05) is 54.2 Å². The van der Waals surface area contributed by atoms with Crippen molar-refractivity contribution >= 4 is 34.3 Å². The first kappa shape index (κ1) is 26.1. The molecule has 0 saturated heterocycles. The molecular weight excluding hydrogens is 494 g/mol. The van der Waals surface area contributed by atoms with E-state index in [4.69, 9.17) is 10.5 Å². The van der Waals surface area contributed by atoms with Gasteiger partial charge in [0.25, 0.3) is 11.1 Å². The average molecular weight is 522 g/mol. The lowest BCUT2D eigenvalue weighted by molar-refractivity contribution is 0.102. The highest BCUT2D eigenvalue weighted by Gasteiger charge is 2.23. The number of nitrogens with two attached hydrogens (primary N) is 1. The normalized spacial score (nSPS) is 12.1. The van der Waals surface area contributed by atoms with Gasteiger partial charge in [-0.05, 0) is 24.6 Å². The summed E-state index contributed by atoms with van der Waals surface area (Å²) in [7, 11) is 2.85. The van der Waals surface area contributed by atoms with E-state index < -0.39 is 17.0 Å². The Hall–Kier alpha value is -3.96. The molecule has 0 aliphatic rings. The van der Waals surface area contributed by atoms with E-state index in [1.807, 2.05) is 37.3 Å². The number of Topliss-reactive ketones (excluding diaryl/α,β-unsaturated/α-hetero) is 1. The van der Waals surface area contributed by atoms with Crippen molar-refractivity contribution in [2.45, 2.75) is 24.7 Å². The Morgan fingerprint density at radius 3 is 2.43 bits per heavy atom. The highest BCUT2D eigenvalue weighted by Crippen LogP contribution is 2.23. The lowest BCUT2D eigenvalue weighted by Gasteiger charge is -2.19. The summed E-state index contributed by atoms with van der Waals surface area (Å²) in [5.41, 5.74) is 5.59. The minimum absolute atomic E-state index is 0.105. The number of ketones is 1. The van der Waals surface area contributed by atoms with Crippen molar-refractivity contribution in [2.75, 3.05) is 25.2 Å². The number of benzene rings is 2. The van der Waals surface area contributed by atoms with Crippen molar-refractivity contribution in [2.24, 2.45) is 7.05 Å². The Morgan fingerprint density at radius 1 is 1.05 bits per heavy atom. The van der Waals surface area contributed by atoms with E-state index in [0.29, 0.717) is 16.1 Å². The van der Waals surface area contributed by atoms with Gasteiger partial charge in [-0.15, -0.1) is 0 Å². The summed E-state index contributed by atoms with van der Waals surface area (Å²) in [5.74, 6) is -0.981. The number of nitrogens with zero attached hydrogens (tertiary/aromatic N) is 4. The zero-order valence-electron chi connectivity index (χ0n) is 20.7. The van der Waals surface area contributed by atoms with Gasteiger partial charge in [0.1, 0.15) is 11.4 Å². The molecule has 0 fully saturated rings. The monoisotopic (exact) mass is 521 g/mol. The molecule has 37 heavy (non-hydrogen) atoms. The summed E-state index contributed by atoms with van der Waals surface area (Å²) >= 11 is 1.03. The van der Waals surface area contributed by atoms with Gasteiger partial charge in [-0.2, -0.15) is 0 Å². The van der Waals surface area contributed by atoms with Crippen molar-refractivity contribution in [3.63, 3.8) is 0 Å². The number of thioether (sulfide) groups is 1. The number of aromatic nitrogens is 4. The van der Waals surface area contributed by atoms with Gasteiger partial charge in [0.05, 0.1) is 35.8 Å². The SMILES string of the molecule is COC[C@@H](C)n1c(SCC(=O)c2c(N)n(Cc3ccccc3)c(=O)n(C)c2=O)nc2ccccc2c1=O. The predicted molar refractivity (Wildman–Crippen MR) is 144 cm³/mol. The third kappa shape index (κ3) is 5.13. The molecule has 2 heterocycles. The molecule has 0 radical (unpaired) electrons. The van der Waals surface area contributed by atoms with Gasteiger partial charge in [-0.3, -0.25) is 28.1 Å². The van der Waals surface area contributed by atoms with Gasteiger partial charge in [-0.25, -0.2) is 9.78 Å². The third-order valence-electron chi connectivity index (χ3n) is 6.00. The highest BCUT2D eigenvalue weighted by atomic mass is 32.2. The summed E-state index contributed by atoms with van der Waals surface area (Å²) < 4.78 is 8.81. The van der Waals surface area contributed by atoms with Crippen LogP contribution >= 0.6 is 11.8 Å². The molecule has 10 nitrogen and oxygen atoms in total. The van der Waals surface area contributed by atoms with Gasteiger partial charge >= 0.3 is 5.69 Å². The first-order valence-corrected chi connectivity index (χ1v) is 12.5. The van der Waals surface area contributed by atoms with E-state index in [9.17, 15) is 19.2 Å². The van der Waals surface area contributed by atoms with Crippen LogP contribution in [0, 0.1) is 0 Å². The van der Waals surface area contributed by atoms with Crippen LogP contribution in [-0.2, 0) is 18.3 Å². The van der Waals surface area contributed by atoms with Gasteiger partial charge in [0, 0.05) is 14.2 Å². The summed E-state index contributed by atoms with van der Waals surface area (Å²) in [6.07, 6.45) is 0. The van der Waals surface area contributed by atoms with E-state index in [2.05, 4.69) is 4.98 Å². The number of para-hydroxylation sites is 1. The zero-order valence-corrected chi connectivity index (χ0v) is 21.5. The van der Waals surface area contributed by atoms with Crippen LogP contribution in [0.2, 0.25) is 0 Å². The van der Waals surface area contributed by atoms with Gasteiger partial charge in [0.15, 0.2) is 10.9 Å². The molecule has 192 valence electrons. The van der Waals surface area contributed by atoms with E-state index in [1.54, 1.807) is 24.3 Å². The van der Waals surface area contributed by atoms with E-state index in [0.717, 1.165) is 21.9 Å². The molecule has 4 rings (SSSR count). The number of rotatable bonds is 9. The second-order valence-corrected chi connectivity index (χ2v) is 9.52. The number of carbonyl (C=O) groups is 1. The molecule has 2 N–H and O–H groups in total. The standard InChI is InChI=1S/C26H27N5O5S/c1-16(14-36-3)31-23(33)18-11-7-8-12-19(18)28-25(31)37-15-20(32)21-22(27)30(26(35)29(2)24(21)34)13-17-9-5-4-6-10-17/h4-12,16H,13-15,27H2,1-3H3/t16-/m1/s1. The fourth-order valence-corrected chi connectivity index (χ4v) is 5.07. The van der Waals surface area contributed by atoms with E-state index in [1.165, 1.54) is 23.3 Å². The molecule has 0 amide bonds. The lowest BCUT2D eigenvalue weighted by Crippen LogP contribution is -2.43. The van der Waals surface area contributed by atoms with Gasteiger partial charge < -0.3 is 10.5 Å². The maximum absolute atomic E-state index is 13.3. The van der Waals surface area contributed by atoms with Crippen LogP contribution in [-0.4, -0.2) is 43.9 Å². The maximum Gasteiger partial charge on any atom is 0.332 e. The van der Waals surface area contributed by atoms with Crippen LogP contribution in [0.15, 0.2) is 74.1 Å². The second kappa shape index (κ2) is 11.0. The fourth-order valence-electron chi connectivity index (χ4n) is 4.10. The van der Waals surface area contributed by atoms with Crippen molar-refractivity contribution in [3.8, 4) is 0 Å². The number of hydrogen-bond donors (Lipinski definition) is 1. The molecule has 0 aliphatic heterocycles. The number of anilines is 1. The first-order chi connectivity index (χ1) is 17.7. The first-order valence-electron chi connectivity index (χ1n) is 11.5. The second-order valence-electron chi connectivity index (χ2n) is 8.58. The topological polar surface area (TPSA) is 131 Å². The maximum atomic E-state index is 13.3. The number of methoxy groups -OCH3 is 1. The van der Waals surface area contributed by atoms with Crippen molar-refractivity contribution in [3.05, 3.63) is 96.9 Å². The summed E-state index contributed by atoms with van der Waals surface area (Å²) in [4.78, 5) is 56.9. The Morgan fingerprint density at radius 2 is 1.73 bits per heavy atom. The molecule has 2 aromatic carbocycles. The number of nitrogen functional groups attached to an aromatic ring is 1. The average Bonchev–Trinajstić information content (AvgIpc) is 2.89. The Kier molecular flexibility index (Phi) is 7.74. The smallest absolute Gasteiger partial charge is 0.332 e. The quantitative estimate of drug-likeness (QED) is 0.201. The highest BCUT2D eigenvalue weighted by molar-refractivity contribution is 7.99. The van der Waals surface area contributed by atoms with E-state index in [-0.39, 0.29) is 41.9 Å². The molecule has 11 heteroatoms. The lowest BCUT2D eigenvalue weighted by atomic mass is 10.2. The minimum atomic E-state index is -0.769. The summed E-state index contributed by atoms with van der Waals surface area (Å²) in [5, 5.41) is 0.766. The summed E-state index contributed by atoms with van der Waals surface area (Å²) in [6, 6.07) is 15.7. The van der Waals surface area contributed by atoms with Crippen molar-refractivity contribution in [1.82, 2.24) is 18.7 Å². The number of hydrogen-bond acceptors (Lipinski definition) is 8. The molecule has 0 spiro atoms. The predicted octanol–water partition coefficient (Wildman–Crippen LogP) is 2.07. The van der Waals surface area contributed by atoms with Crippen LogP contribution in [0.5, 0.6) is 0 Å². The van der Waals surface area contributed by atoms with Crippen LogP contribution in [0.4, 0.5) is 5.82 Å². The number of ether oxygens (including phenoxy) is 1. The molecule has 4 aromatic rings. The number of carbonyl (C=O) groups excluding carboxylic acids is 1. The summed E-state index contributed by atoms with van der Waals surface area (Å²) in [6.45, 7) is 2.19. The molecule has 0 unspecified atom stereocenters. The largest absolute Gasteiger partial charge is 0.384 e. The van der Waals surface area contributed by atoms with Crippen LogP contribution in [0.3, 0.4) is 0 Å². The molecule has 0 bridgehead atoms. The Labute approximate surface area is 216 Å². The molecule has 0 aliphatic carbocycles. The third-order valence-corrected chi connectivity index (χ3v) is 6.95. The minimum Gasteiger partial charge on any atom is -0.384 e. The zero-order chi connectivity index (χ0) is 26.7. The van der Waals surface area contributed by atoms with Crippen LogP contribution < -0.4 is 22.5 Å². The fraction of sp³-hybridized carbons (Fsp3) is 0.269. The number of fused-ring (bicyclic) bond motifs is 1.